The van der Waals surface area contributed by atoms with E-state index in [4.69, 9.17) is 10.5 Å². The molecule has 1 aromatic heterocycles. The Balaban J connectivity index is 3.08. The molecule has 0 radical (unpaired) electrons. The van der Waals surface area contributed by atoms with Crippen LogP contribution in [0, 0.1) is 13.8 Å². The zero-order valence-corrected chi connectivity index (χ0v) is 11.8. The number of rotatable bonds is 4. The molecule has 1 unspecified atom stereocenters. The van der Waals surface area contributed by atoms with E-state index in [9.17, 15) is 9.59 Å². The maximum absolute atomic E-state index is 11.9. The Morgan fingerprint density at radius 1 is 1.44 bits per heavy atom. The van der Waals surface area contributed by atoms with Crippen LogP contribution in [-0.2, 0) is 9.53 Å². The highest BCUT2D eigenvalue weighted by molar-refractivity contribution is 7.16. The van der Waals surface area contributed by atoms with E-state index in [-0.39, 0.29) is 5.91 Å². The number of nitrogens with two attached hydrogens (primary N) is 1. The van der Waals surface area contributed by atoms with Crippen molar-refractivity contribution >= 4 is 28.2 Å². The number of aryl methyl sites for hydroxylation is 1. The molecule has 0 aromatic carbocycles. The molecule has 0 fully saturated rings. The maximum Gasteiger partial charge on any atom is 0.341 e. The predicted octanol–water partition coefficient (Wildman–Crippen LogP) is 1.83. The van der Waals surface area contributed by atoms with Gasteiger partial charge in [-0.1, -0.05) is 0 Å². The van der Waals surface area contributed by atoms with Crippen LogP contribution < -0.4 is 11.1 Å². The van der Waals surface area contributed by atoms with Gasteiger partial charge in [0.05, 0.1) is 18.2 Å². The van der Waals surface area contributed by atoms with Crippen LogP contribution in [0.4, 0.5) is 5.00 Å². The molecule has 1 amide bonds. The van der Waals surface area contributed by atoms with Crippen molar-refractivity contribution in [3.63, 3.8) is 0 Å². The van der Waals surface area contributed by atoms with Gasteiger partial charge in [0.1, 0.15) is 5.00 Å². The van der Waals surface area contributed by atoms with Gasteiger partial charge in [0.25, 0.3) is 0 Å². The molecular formula is C12H18N2O3S. The monoisotopic (exact) mass is 270 g/mol. The lowest BCUT2D eigenvalue weighted by Crippen LogP contribution is -2.32. The maximum atomic E-state index is 11.9. The van der Waals surface area contributed by atoms with Crippen LogP contribution in [0.25, 0.3) is 0 Å². The number of carbonyl (C=O) groups is 2. The molecule has 5 nitrogen and oxygen atoms in total. The van der Waals surface area contributed by atoms with Crippen molar-refractivity contribution < 1.29 is 14.3 Å². The summed E-state index contributed by atoms with van der Waals surface area (Å²) in [4.78, 5) is 24.4. The lowest BCUT2D eigenvalue weighted by atomic mass is 10.1. The third-order valence-electron chi connectivity index (χ3n) is 2.52. The second-order valence-electron chi connectivity index (χ2n) is 3.99. The van der Waals surface area contributed by atoms with Crippen molar-refractivity contribution in [1.82, 2.24) is 0 Å². The van der Waals surface area contributed by atoms with Gasteiger partial charge in [-0.25, -0.2) is 4.79 Å². The summed E-state index contributed by atoms with van der Waals surface area (Å²) >= 11 is 1.35. The second kappa shape index (κ2) is 5.97. The van der Waals surface area contributed by atoms with E-state index >= 15 is 0 Å². The molecule has 0 saturated carbocycles. The molecule has 1 aromatic rings. The number of anilines is 1. The molecule has 1 rings (SSSR count). The minimum Gasteiger partial charge on any atom is -0.462 e. The van der Waals surface area contributed by atoms with Crippen LogP contribution in [-0.4, -0.2) is 24.5 Å². The number of hydrogen-bond donors (Lipinski definition) is 2. The molecule has 18 heavy (non-hydrogen) atoms. The van der Waals surface area contributed by atoms with Crippen molar-refractivity contribution in [2.45, 2.75) is 33.7 Å². The van der Waals surface area contributed by atoms with Crippen molar-refractivity contribution in [3.8, 4) is 0 Å². The molecule has 100 valence electrons. The van der Waals surface area contributed by atoms with Crippen LogP contribution >= 0.6 is 11.3 Å². The Labute approximate surface area is 110 Å². The van der Waals surface area contributed by atoms with Crippen molar-refractivity contribution in [2.75, 3.05) is 11.9 Å². The third kappa shape index (κ3) is 3.08. The molecule has 0 aliphatic rings. The zero-order valence-electron chi connectivity index (χ0n) is 11.0. The zero-order chi connectivity index (χ0) is 13.9. The van der Waals surface area contributed by atoms with Gasteiger partial charge in [-0.3, -0.25) is 4.79 Å². The van der Waals surface area contributed by atoms with Crippen molar-refractivity contribution in [2.24, 2.45) is 5.73 Å². The molecule has 1 heterocycles. The molecule has 3 N–H and O–H groups in total. The normalized spacial score (nSPS) is 12.1. The lowest BCUT2D eigenvalue weighted by Gasteiger charge is -2.08. The van der Waals surface area contributed by atoms with Crippen LogP contribution in [0.2, 0.25) is 0 Å². The molecule has 0 bridgehead atoms. The number of hydrogen-bond acceptors (Lipinski definition) is 5. The average molecular weight is 270 g/mol. The van der Waals surface area contributed by atoms with Gasteiger partial charge in [-0.15, -0.1) is 11.3 Å². The lowest BCUT2D eigenvalue weighted by molar-refractivity contribution is -0.117. The van der Waals surface area contributed by atoms with Crippen molar-refractivity contribution in [1.29, 1.82) is 0 Å². The topological polar surface area (TPSA) is 81.4 Å². The second-order valence-corrected chi connectivity index (χ2v) is 5.21. The van der Waals surface area contributed by atoms with Crippen LogP contribution in [0.1, 0.15) is 34.6 Å². The van der Waals surface area contributed by atoms with Gasteiger partial charge >= 0.3 is 5.97 Å². The fraction of sp³-hybridized carbons (Fsp3) is 0.500. The summed E-state index contributed by atoms with van der Waals surface area (Å²) in [5.41, 5.74) is 6.75. The third-order valence-corrected chi connectivity index (χ3v) is 3.64. The first-order valence-corrected chi connectivity index (χ1v) is 6.53. The molecule has 6 heteroatoms. The Morgan fingerprint density at radius 3 is 2.56 bits per heavy atom. The summed E-state index contributed by atoms with van der Waals surface area (Å²) in [6.45, 7) is 7.36. The molecule has 0 saturated heterocycles. The molecule has 0 aliphatic carbocycles. The predicted molar refractivity (Wildman–Crippen MR) is 72.0 cm³/mol. The highest BCUT2D eigenvalue weighted by Gasteiger charge is 2.22. The largest absolute Gasteiger partial charge is 0.462 e. The Kier molecular flexibility index (Phi) is 4.86. The standard InChI is InChI=1S/C12H18N2O3S/c1-5-17-12(16)9-6(2)8(4)18-11(9)14-10(15)7(3)13/h7H,5,13H2,1-4H3,(H,14,15). The van der Waals surface area contributed by atoms with E-state index in [1.807, 2.05) is 13.8 Å². The van der Waals surface area contributed by atoms with Gasteiger partial charge in [-0.05, 0) is 33.3 Å². The Bertz CT molecular complexity index is 466. The Hall–Kier alpha value is -1.40. The van der Waals surface area contributed by atoms with E-state index in [1.54, 1.807) is 13.8 Å². The number of esters is 1. The summed E-state index contributed by atoms with van der Waals surface area (Å²) in [7, 11) is 0. The number of thiophene rings is 1. The number of nitrogens with one attached hydrogen (secondary N) is 1. The smallest absolute Gasteiger partial charge is 0.341 e. The van der Waals surface area contributed by atoms with Crippen LogP contribution in [0.3, 0.4) is 0 Å². The Morgan fingerprint density at radius 2 is 2.06 bits per heavy atom. The first kappa shape index (κ1) is 14.7. The molecule has 0 spiro atoms. The highest BCUT2D eigenvalue weighted by Crippen LogP contribution is 2.33. The van der Waals surface area contributed by atoms with Gasteiger partial charge in [0.2, 0.25) is 5.91 Å². The minimum atomic E-state index is -0.622. The fourth-order valence-corrected chi connectivity index (χ4v) is 2.44. The summed E-state index contributed by atoms with van der Waals surface area (Å²) in [6.07, 6.45) is 0. The van der Waals surface area contributed by atoms with Gasteiger partial charge in [0.15, 0.2) is 0 Å². The molecule has 0 aliphatic heterocycles. The average Bonchev–Trinajstić information content (AvgIpc) is 2.54. The van der Waals surface area contributed by atoms with E-state index in [1.165, 1.54) is 11.3 Å². The first-order valence-electron chi connectivity index (χ1n) is 5.72. The first-order chi connectivity index (χ1) is 8.38. The van der Waals surface area contributed by atoms with Crippen molar-refractivity contribution in [3.05, 3.63) is 16.0 Å². The van der Waals surface area contributed by atoms with Crippen LogP contribution in [0.5, 0.6) is 0 Å². The summed E-state index contributed by atoms with van der Waals surface area (Å²) in [5, 5.41) is 3.17. The van der Waals surface area contributed by atoms with Gasteiger partial charge in [0, 0.05) is 4.88 Å². The quantitative estimate of drug-likeness (QED) is 0.818. The number of carbonyl (C=O) groups excluding carboxylic acids is 2. The fourth-order valence-electron chi connectivity index (χ4n) is 1.39. The SMILES string of the molecule is CCOC(=O)c1c(NC(=O)C(C)N)sc(C)c1C. The summed E-state index contributed by atoms with van der Waals surface area (Å²) in [5.74, 6) is -0.735. The minimum absolute atomic E-state index is 0.299. The van der Waals surface area contributed by atoms with Gasteiger partial charge < -0.3 is 15.8 Å². The van der Waals surface area contributed by atoms with Gasteiger partial charge in [-0.2, -0.15) is 0 Å². The molecule has 1 atom stereocenters. The summed E-state index contributed by atoms with van der Waals surface area (Å²) in [6, 6.07) is -0.622. The van der Waals surface area contributed by atoms with E-state index in [0.29, 0.717) is 17.2 Å². The van der Waals surface area contributed by atoms with E-state index < -0.39 is 12.0 Å². The molecular weight excluding hydrogens is 252 g/mol. The number of amides is 1. The van der Waals surface area contributed by atoms with E-state index in [0.717, 1.165) is 10.4 Å². The number of ether oxygens (including phenoxy) is 1. The van der Waals surface area contributed by atoms with E-state index in [2.05, 4.69) is 5.32 Å². The van der Waals surface area contributed by atoms with Crippen LogP contribution in [0.15, 0.2) is 0 Å². The summed E-state index contributed by atoms with van der Waals surface area (Å²) < 4.78 is 4.99. The highest BCUT2D eigenvalue weighted by atomic mass is 32.1.